The zero-order valence-corrected chi connectivity index (χ0v) is 26.8. The minimum atomic E-state index is -1.28. The number of ether oxygens (including phenoxy) is 1. The molecule has 3 atom stereocenters. The Balaban J connectivity index is 1.37. The number of hydrogen-bond acceptors (Lipinski definition) is 5. The fourth-order valence-corrected chi connectivity index (χ4v) is 8.40. The lowest BCUT2D eigenvalue weighted by Crippen LogP contribution is -2.60. The van der Waals surface area contributed by atoms with Gasteiger partial charge in [0.15, 0.2) is 0 Å². The van der Waals surface area contributed by atoms with Crippen molar-refractivity contribution in [3.63, 3.8) is 0 Å². The fourth-order valence-electron chi connectivity index (χ4n) is 8.04. The molecule has 1 aliphatic carbocycles. The van der Waals surface area contributed by atoms with Gasteiger partial charge in [-0.1, -0.05) is 60.7 Å². The molecule has 6 rings (SSSR count). The number of fused-ring (bicyclic) bond motifs is 3. The molecule has 3 heterocycles. The van der Waals surface area contributed by atoms with Gasteiger partial charge in [-0.15, -0.1) is 0 Å². The summed E-state index contributed by atoms with van der Waals surface area (Å²) in [4.78, 5) is 43.0. The summed E-state index contributed by atoms with van der Waals surface area (Å²) in [5.41, 5.74) is -1.14. The van der Waals surface area contributed by atoms with E-state index in [0.717, 1.165) is 19.3 Å². The molecule has 44 heavy (non-hydrogen) atoms. The highest BCUT2D eigenvalue weighted by molar-refractivity contribution is 6.31. The molecule has 236 valence electrons. The third-order valence-corrected chi connectivity index (χ3v) is 10.3. The van der Waals surface area contributed by atoms with Gasteiger partial charge in [0, 0.05) is 41.3 Å². The van der Waals surface area contributed by atoms with Gasteiger partial charge in [0.1, 0.15) is 16.8 Å². The average molecular weight is 646 g/mol. The number of anilines is 1. The highest BCUT2D eigenvalue weighted by Crippen LogP contribution is 2.62. The van der Waals surface area contributed by atoms with Gasteiger partial charge >= 0.3 is 6.09 Å². The number of likely N-dealkylation sites (tertiary alicyclic amines) is 1. The Morgan fingerprint density at radius 1 is 1.07 bits per heavy atom. The van der Waals surface area contributed by atoms with E-state index in [9.17, 15) is 14.4 Å². The molecule has 2 aromatic carbocycles. The van der Waals surface area contributed by atoms with Crippen molar-refractivity contribution in [1.82, 2.24) is 15.5 Å². The predicted molar refractivity (Wildman–Crippen MR) is 168 cm³/mol. The number of piperidine rings is 1. The number of halogens is 3. The standard InChI is InChI=1S/C33H39Cl2FN4O4/c1-31(2,3)44-30(43)40-16-12-20(13-17-40)37-28(41)27-25(21-8-7-9-23(35)26(21)36)33(32(39-27)14-5-4-6-15-32)22-11-10-19(34)18-24(22)38-29(33)42/h7-11,18,20,25,27,39H,4-6,12-17H2,1-3H3,(H,37,41)(H,38,42)/t25-,27+,33+/m0/s1. The van der Waals surface area contributed by atoms with E-state index in [4.69, 9.17) is 27.9 Å². The molecule has 0 unspecified atom stereocenters. The number of hydrogen-bond donors (Lipinski definition) is 3. The van der Waals surface area contributed by atoms with Gasteiger partial charge in [0.25, 0.3) is 0 Å². The van der Waals surface area contributed by atoms with Crippen LogP contribution in [0.4, 0.5) is 14.9 Å². The number of benzene rings is 2. The first kappa shape index (κ1) is 31.1. The fraction of sp³-hybridized carbons (Fsp3) is 0.545. The summed E-state index contributed by atoms with van der Waals surface area (Å²) in [6.07, 6.45) is 4.78. The minimum Gasteiger partial charge on any atom is -0.444 e. The Morgan fingerprint density at radius 2 is 1.77 bits per heavy atom. The van der Waals surface area contributed by atoms with Crippen molar-refractivity contribution in [2.45, 2.75) is 100 Å². The van der Waals surface area contributed by atoms with Crippen LogP contribution < -0.4 is 16.0 Å². The van der Waals surface area contributed by atoms with Gasteiger partial charge in [0.2, 0.25) is 11.8 Å². The zero-order chi connectivity index (χ0) is 31.4. The van der Waals surface area contributed by atoms with E-state index in [2.05, 4.69) is 16.0 Å². The molecule has 3 N–H and O–H groups in total. The zero-order valence-electron chi connectivity index (χ0n) is 25.3. The van der Waals surface area contributed by atoms with Crippen molar-refractivity contribution in [3.8, 4) is 0 Å². The van der Waals surface area contributed by atoms with Crippen LogP contribution in [0.3, 0.4) is 0 Å². The third-order valence-electron chi connectivity index (χ3n) is 9.80. The minimum absolute atomic E-state index is 0.0642. The summed E-state index contributed by atoms with van der Waals surface area (Å²) in [6, 6.07) is 8.97. The molecule has 2 aromatic rings. The second kappa shape index (κ2) is 11.5. The van der Waals surface area contributed by atoms with Gasteiger partial charge in [-0.05, 0) is 75.8 Å². The molecule has 0 bridgehead atoms. The first-order chi connectivity index (χ1) is 20.9. The summed E-state index contributed by atoms with van der Waals surface area (Å²) in [5.74, 6) is -2.09. The third kappa shape index (κ3) is 5.14. The van der Waals surface area contributed by atoms with Crippen LogP contribution in [0, 0.1) is 5.82 Å². The lowest BCUT2D eigenvalue weighted by atomic mass is 9.55. The quantitative estimate of drug-likeness (QED) is 0.364. The average Bonchev–Trinajstić information content (AvgIpc) is 3.42. The smallest absolute Gasteiger partial charge is 0.410 e. The van der Waals surface area contributed by atoms with Gasteiger partial charge in [-0.25, -0.2) is 9.18 Å². The maximum atomic E-state index is 16.1. The molecule has 3 fully saturated rings. The van der Waals surface area contributed by atoms with Crippen LogP contribution in [0.15, 0.2) is 36.4 Å². The molecular weight excluding hydrogens is 606 g/mol. The van der Waals surface area contributed by atoms with E-state index in [0.29, 0.717) is 55.0 Å². The van der Waals surface area contributed by atoms with Crippen molar-refractivity contribution < 1.29 is 23.5 Å². The topological polar surface area (TPSA) is 99.8 Å². The first-order valence-electron chi connectivity index (χ1n) is 15.5. The monoisotopic (exact) mass is 644 g/mol. The summed E-state index contributed by atoms with van der Waals surface area (Å²) in [7, 11) is 0. The second-order valence-electron chi connectivity index (χ2n) is 13.6. The molecule has 1 saturated carbocycles. The van der Waals surface area contributed by atoms with E-state index in [1.807, 2.05) is 26.8 Å². The van der Waals surface area contributed by atoms with Crippen molar-refractivity contribution in [1.29, 1.82) is 0 Å². The summed E-state index contributed by atoms with van der Waals surface area (Å²) >= 11 is 12.7. The van der Waals surface area contributed by atoms with Crippen LogP contribution in [0.2, 0.25) is 10.0 Å². The van der Waals surface area contributed by atoms with Gasteiger partial charge in [-0.2, -0.15) is 0 Å². The molecule has 3 amide bonds. The van der Waals surface area contributed by atoms with E-state index in [1.165, 1.54) is 6.07 Å². The highest BCUT2D eigenvalue weighted by Gasteiger charge is 2.72. The van der Waals surface area contributed by atoms with E-state index < -0.39 is 34.3 Å². The molecule has 2 saturated heterocycles. The summed E-state index contributed by atoms with van der Waals surface area (Å²) in [5, 5.41) is 10.3. The lowest BCUT2D eigenvalue weighted by Gasteiger charge is -2.47. The molecule has 0 aromatic heterocycles. The number of carbonyl (C=O) groups excluding carboxylic acids is 3. The van der Waals surface area contributed by atoms with Crippen LogP contribution in [-0.4, -0.2) is 59.1 Å². The maximum Gasteiger partial charge on any atom is 0.410 e. The molecular formula is C33H39Cl2FN4O4. The molecule has 8 nitrogen and oxygen atoms in total. The number of nitrogens with zero attached hydrogens (tertiary/aromatic N) is 1. The van der Waals surface area contributed by atoms with Crippen LogP contribution in [-0.2, 0) is 19.7 Å². The molecule has 4 aliphatic rings. The normalized spacial score (nSPS) is 26.5. The van der Waals surface area contributed by atoms with Gasteiger partial charge < -0.3 is 20.3 Å². The Labute approximate surface area is 267 Å². The van der Waals surface area contributed by atoms with Crippen molar-refractivity contribution >= 4 is 46.8 Å². The van der Waals surface area contributed by atoms with Crippen molar-refractivity contribution in [2.24, 2.45) is 0 Å². The van der Waals surface area contributed by atoms with Crippen LogP contribution in [0.1, 0.15) is 82.8 Å². The van der Waals surface area contributed by atoms with E-state index in [-0.39, 0.29) is 34.5 Å². The Kier molecular flexibility index (Phi) is 8.12. The Hall–Kier alpha value is -2.88. The molecule has 3 aliphatic heterocycles. The number of amides is 3. The Bertz CT molecular complexity index is 1480. The van der Waals surface area contributed by atoms with Crippen LogP contribution >= 0.6 is 23.2 Å². The first-order valence-corrected chi connectivity index (χ1v) is 16.2. The predicted octanol–water partition coefficient (Wildman–Crippen LogP) is 6.30. The number of rotatable bonds is 3. The molecule has 0 radical (unpaired) electrons. The number of nitrogens with one attached hydrogen (secondary N) is 3. The van der Waals surface area contributed by atoms with Gasteiger partial charge in [-0.3, -0.25) is 14.9 Å². The van der Waals surface area contributed by atoms with E-state index in [1.54, 1.807) is 29.2 Å². The lowest BCUT2D eigenvalue weighted by molar-refractivity contribution is -0.124. The summed E-state index contributed by atoms with van der Waals surface area (Å²) in [6.45, 7) is 6.36. The van der Waals surface area contributed by atoms with Crippen LogP contribution in [0.5, 0.6) is 0 Å². The highest BCUT2D eigenvalue weighted by atomic mass is 35.5. The molecule has 2 spiro atoms. The Morgan fingerprint density at radius 3 is 2.45 bits per heavy atom. The SMILES string of the molecule is CC(C)(C)OC(=O)N1CCC(NC(=O)[C@@H]2NC3(CCCCC3)[C@@]3(C(=O)Nc4cc(Cl)ccc43)[C@H]2c2cccc(Cl)c2F)CC1. The van der Waals surface area contributed by atoms with Gasteiger partial charge in [0.05, 0.1) is 11.1 Å². The maximum absolute atomic E-state index is 16.1. The van der Waals surface area contributed by atoms with E-state index >= 15 is 4.39 Å². The van der Waals surface area contributed by atoms with Crippen molar-refractivity contribution in [2.75, 3.05) is 18.4 Å². The second-order valence-corrected chi connectivity index (χ2v) is 14.4. The summed E-state index contributed by atoms with van der Waals surface area (Å²) < 4.78 is 21.6. The molecule has 11 heteroatoms. The van der Waals surface area contributed by atoms with Crippen LogP contribution in [0.25, 0.3) is 0 Å². The van der Waals surface area contributed by atoms with Crippen molar-refractivity contribution in [3.05, 3.63) is 63.4 Å². The number of carbonyl (C=O) groups is 3. The largest absolute Gasteiger partial charge is 0.444 e.